The number of nitrogens with zero attached hydrogens (tertiary/aromatic N) is 2. The molecule has 8 nitrogen and oxygen atoms in total. The molecule has 0 aliphatic heterocycles. The predicted molar refractivity (Wildman–Crippen MR) is 154 cm³/mol. The van der Waals surface area contributed by atoms with Gasteiger partial charge in [-0.25, -0.2) is 9.97 Å². The summed E-state index contributed by atoms with van der Waals surface area (Å²) in [5.74, 6) is 0.0890. The van der Waals surface area contributed by atoms with Crippen LogP contribution in [0.25, 0.3) is 10.6 Å². The highest BCUT2D eigenvalue weighted by molar-refractivity contribution is 7.16. The van der Waals surface area contributed by atoms with E-state index in [0.29, 0.717) is 35.2 Å². The molecule has 2 amide bonds. The molecule has 0 spiro atoms. The van der Waals surface area contributed by atoms with Gasteiger partial charge in [-0.1, -0.05) is 30.3 Å². The number of thiazole rings is 2. The molecule has 0 saturated heterocycles. The van der Waals surface area contributed by atoms with Crippen molar-refractivity contribution in [2.24, 2.45) is 0 Å². The Hall–Kier alpha value is -3.60. The molecule has 0 bridgehead atoms. The second-order valence-electron chi connectivity index (χ2n) is 9.52. The van der Waals surface area contributed by atoms with E-state index in [-0.39, 0.29) is 23.8 Å². The zero-order valence-corrected chi connectivity index (χ0v) is 23.7. The van der Waals surface area contributed by atoms with Gasteiger partial charge in [0.2, 0.25) is 5.91 Å². The second-order valence-corrected chi connectivity index (χ2v) is 11.6. The summed E-state index contributed by atoms with van der Waals surface area (Å²) >= 11 is 2.95. The quantitative estimate of drug-likeness (QED) is 0.234. The molecule has 0 radical (unpaired) electrons. The first-order valence-electron chi connectivity index (χ1n) is 12.7. The van der Waals surface area contributed by atoms with Gasteiger partial charge < -0.3 is 20.1 Å². The lowest BCUT2D eigenvalue weighted by molar-refractivity contribution is -0.115. The van der Waals surface area contributed by atoms with Crippen LogP contribution in [0.4, 0.5) is 5.13 Å². The van der Waals surface area contributed by atoms with Gasteiger partial charge in [0, 0.05) is 18.1 Å². The van der Waals surface area contributed by atoms with Gasteiger partial charge in [0.25, 0.3) is 5.91 Å². The van der Waals surface area contributed by atoms with Gasteiger partial charge in [-0.15, -0.1) is 22.7 Å². The van der Waals surface area contributed by atoms with Crippen LogP contribution in [0, 0.1) is 13.8 Å². The van der Waals surface area contributed by atoms with E-state index in [1.807, 2.05) is 49.6 Å². The number of benzene rings is 2. The number of nitrogens with one attached hydrogen (secondary N) is 2. The van der Waals surface area contributed by atoms with Gasteiger partial charge >= 0.3 is 0 Å². The molecule has 1 saturated carbocycles. The number of aromatic nitrogens is 2. The Balaban J connectivity index is 1.30. The molecular weight excluding hydrogens is 532 g/mol. The number of carbonyl (C=O) groups excluding carboxylic acids is 2. The van der Waals surface area contributed by atoms with Crippen LogP contribution < -0.4 is 15.4 Å². The Bertz CT molecular complexity index is 1480. The number of hydrogen-bond acceptors (Lipinski definition) is 8. The Labute approximate surface area is 235 Å². The summed E-state index contributed by atoms with van der Waals surface area (Å²) in [6.07, 6.45) is 1.84. The summed E-state index contributed by atoms with van der Waals surface area (Å²) in [6, 6.07) is 15.2. The van der Waals surface area contributed by atoms with E-state index in [0.717, 1.165) is 39.7 Å². The molecule has 2 aromatic heterocycles. The van der Waals surface area contributed by atoms with E-state index in [4.69, 9.17) is 9.47 Å². The van der Waals surface area contributed by atoms with Gasteiger partial charge in [0.15, 0.2) is 5.13 Å². The van der Waals surface area contributed by atoms with Crippen molar-refractivity contribution in [1.82, 2.24) is 15.3 Å². The summed E-state index contributed by atoms with van der Waals surface area (Å²) < 4.78 is 10.9. The maximum absolute atomic E-state index is 13.3. The van der Waals surface area contributed by atoms with Crippen LogP contribution in [0.1, 0.15) is 45.0 Å². The standard InChI is InChI=1S/C29H30N4O4S2/c1-18-26(39-19(2)30-18)24-17-38-28(31-24)32-25(34)15-20-13-21(16-23(14-20)37-12-11-36-3)27(35)33-29(9-10-29)22-7-5-4-6-8-22/h4-8,13-14,16-17H,9-12,15H2,1-3H3,(H,33,35)(H,31,32,34). The van der Waals surface area contributed by atoms with Crippen molar-refractivity contribution in [2.45, 2.75) is 38.6 Å². The zero-order valence-electron chi connectivity index (χ0n) is 22.1. The first-order valence-corrected chi connectivity index (χ1v) is 14.4. The van der Waals surface area contributed by atoms with Gasteiger partial charge in [-0.2, -0.15) is 0 Å². The number of hydrogen-bond donors (Lipinski definition) is 2. The van der Waals surface area contributed by atoms with Crippen LogP contribution in [0.3, 0.4) is 0 Å². The lowest BCUT2D eigenvalue weighted by Crippen LogP contribution is -2.34. The van der Waals surface area contributed by atoms with Crippen molar-refractivity contribution in [2.75, 3.05) is 25.6 Å². The van der Waals surface area contributed by atoms with Gasteiger partial charge in [0.05, 0.1) is 39.8 Å². The average molecular weight is 563 g/mol. The van der Waals surface area contributed by atoms with Crippen molar-refractivity contribution in [3.05, 3.63) is 81.3 Å². The first kappa shape index (κ1) is 27.0. The molecule has 1 aliphatic carbocycles. The van der Waals surface area contributed by atoms with Crippen molar-refractivity contribution in [3.8, 4) is 16.3 Å². The number of aryl methyl sites for hydroxylation is 2. The Morgan fingerprint density at radius 1 is 1.05 bits per heavy atom. The van der Waals surface area contributed by atoms with E-state index < -0.39 is 0 Å². The Morgan fingerprint density at radius 2 is 1.85 bits per heavy atom. The number of ether oxygens (including phenoxy) is 2. The van der Waals surface area contributed by atoms with E-state index >= 15 is 0 Å². The molecule has 1 aliphatic rings. The van der Waals surface area contributed by atoms with Crippen LogP contribution in [0.2, 0.25) is 0 Å². The molecule has 202 valence electrons. The number of methoxy groups -OCH3 is 1. The van der Waals surface area contributed by atoms with Crippen LogP contribution in [-0.2, 0) is 21.5 Å². The summed E-state index contributed by atoms with van der Waals surface area (Å²) in [7, 11) is 1.60. The summed E-state index contributed by atoms with van der Waals surface area (Å²) in [6.45, 7) is 4.66. The summed E-state index contributed by atoms with van der Waals surface area (Å²) in [5.41, 5.74) is 3.60. The number of carbonyl (C=O) groups is 2. The molecular formula is C29H30N4O4S2. The van der Waals surface area contributed by atoms with Crippen molar-refractivity contribution < 1.29 is 19.1 Å². The first-order chi connectivity index (χ1) is 18.8. The maximum Gasteiger partial charge on any atom is 0.252 e. The van der Waals surface area contributed by atoms with Crippen molar-refractivity contribution >= 4 is 39.6 Å². The predicted octanol–water partition coefficient (Wildman–Crippen LogP) is 5.51. The minimum absolute atomic E-state index is 0.0686. The van der Waals surface area contributed by atoms with E-state index in [1.165, 1.54) is 11.3 Å². The third-order valence-corrected chi connectivity index (χ3v) is 8.32. The number of rotatable bonds is 11. The third kappa shape index (κ3) is 6.52. The highest BCUT2D eigenvalue weighted by Gasteiger charge is 2.45. The molecule has 39 heavy (non-hydrogen) atoms. The monoisotopic (exact) mass is 562 g/mol. The fourth-order valence-electron chi connectivity index (χ4n) is 4.43. The SMILES string of the molecule is COCCOc1cc(CC(=O)Nc2nc(-c3sc(C)nc3C)cs2)cc(C(=O)NC2(c3ccccc3)CC2)c1. The summed E-state index contributed by atoms with van der Waals surface area (Å²) in [5, 5.41) is 9.51. The fourth-order valence-corrected chi connectivity index (χ4v) is 6.10. The second kappa shape index (κ2) is 11.6. The van der Waals surface area contributed by atoms with E-state index in [2.05, 4.69) is 20.6 Å². The lowest BCUT2D eigenvalue weighted by atomic mass is 10.0. The molecule has 2 heterocycles. The lowest BCUT2D eigenvalue weighted by Gasteiger charge is -2.19. The molecule has 0 atom stereocenters. The van der Waals surface area contributed by atoms with E-state index in [9.17, 15) is 9.59 Å². The van der Waals surface area contributed by atoms with Crippen molar-refractivity contribution in [3.63, 3.8) is 0 Å². The minimum atomic E-state index is -0.347. The van der Waals surface area contributed by atoms with Gasteiger partial charge in [-0.3, -0.25) is 9.59 Å². The molecule has 2 aromatic carbocycles. The van der Waals surface area contributed by atoms with Gasteiger partial charge in [-0.05, 0) is 56.0 Å². The smallest absolute Gasteiger partial charge is 0.252 e. The molecule has 5 rings (SSSR count). The normalized spacial score (nSPS) is 13.6. The Kier molecular flexibility index (Phi) is 8.06. The molecule has 2 N–H and O–H groups in total. The molecule has 10 heteroatoms. The summed E-state index contributed by atoms with van der Waals surface area (Å²) in [4.78, 5) is 36.3. The van der Waals surface area contributed by atoms with Crippen LogP contribution in [-0.4, -0.2) is 42.1 Å². The largest absolute Gasteiger partial charge is 0.491 e. The third-order valence-electron chi connectivity index (χ3n) is 6.47. The van der Waals surface area contributed by atoms with Gasteiger partial charge in [0.1, 0.15) is 12.4 Å². The number of amides is 2. The van der Waals surface area contributed by atoms with Crippen LogP contribution in [0.5, 0.6) is 5.75 Å². The zero-order chi connectivity index (χ0) is 27.4. The minimum Gasteiger partial charge on any atom is -0.491 e. The molecule has 4 aromatic rings. The fraction of sp³-hybridized carbons (Fsp3) is 0.310. The Morgan fingerprint density at radius 3 is 2.54 bits per heavy atom. The highest BCUT2D eigenvalue weighted by atomic mass is 32.1. The highest BCUT2D eigenvalue weighted by Crippen LogP contribution is 2.45. The molecule has 0 unspecified atom stereocenters. The van der Waals surface area contributed by atoms with E-state index in [1.54, 1.807) is 36.6 Å². The van der Waals surface area contributed by atoms with Crippen LogP contribution >= 0.6 is 22.7 Å². The van der Waals surface area contributed by atoms with Crippen LogP contribution in [0.15, 0.2) is 53.9 Å². The average Bonchev–Trinajstić information content (AvgIpc) is 3.42. The maximum atomic E-state index is 13.3. The number of anilines is 1. The molecule has 1 fully saturated rings. The van der Waals surface area contributed by atoms with Crippen molar-refractivity contribution in [1.29, 1.82) is 0 Å². The topological polar surface area (TPSA) is 102 Å².